The van der Waals surface area contributed by atoms with Gasteiger partial charge in [0.1, 0.15) is 0 Å². The Bertz CT molecular complexity index is 1010. The van der Waals surface area contributed by atoms with E-state index in [0.717, 1.165) is 24.0 Å². The average Bonchev–Trinajstić information content (AvgIpc) is 3.24. The van der Waals surface area contributed by atoms with Crippen molar-refractivity contribution < 1.29 is 4.79 Å². The number of nitrogens with one attached hydrogen (secondary N) is 2. The number of aromatic amines is 1. The molecule has 1 saturated carbocycles. The molecular formula is C24H26N4OS. The van der Waals surface area contributed by atoms with E-state index in [1.807, 2.05) is 60.7 Å². The van der Waals surface area contributed by atoms with E-state index in [0.29, 0.717) is 15.9 Å². The normalized spacial score (nSPS) is 15.2. The maximum absolute atomic E-state index is 13.1. The summed E-state index contributed by atoms with van der Waals surface area (Å²) in [6, 6.07) is 18.3. The van der Waals surface area contributed by atoms with Gasteiger partial charge in [0, 0.05) is 11.6 Å². The van der Waals surface area contributed by atoms with Crippen LogP contribution in [0.25, 0.3) is 17.5 Å². The Balaban J connectivity index is 1.54. The smallest absolute Gasteiger partial charge is 0.258 e. The van der Waals surface area contributed by atoms with Crippen molar-refractivity contribution in [3.63, 3.8) is 0 Å². The number of benzene rings is 2. The van der Waals surface area contributed by atoms with E-state index in [9.17, 15) is 4.79 Å². The second kappa shape index (κ2) is 9.76. The third-order valence-electron chi connectivity index (χ3n) is 5.25. The lowest BCUT2D eigenvalue weighted by molar-refractivity contribution is -0.117. The van der Waals surface area contributed by atoms with E-state index in [1.54, 1.807) is 0 Å². The van der Waals surface area contributed by atoms with Crippen molar-refractivity contribution in [2.45, 2.75) is 50.2 Å². The van der Waals surface area contributed by atoms with E-state index in [1.165, 1.54) is 36.6 Å². The molecule has 6 heteroatoms. The monoisotopic (exact) mass is 418 g/mol. The number of hydrogen-bond donors (Lipinski definition) is 2. The molecule has 3 aromatic rings. The first-order chi connectivity index (χ1) is 14.7. The van der Waals surface area contributed by atoms with Gasteiger partial charge in [-0.15, -0.1) is 5.10 Å². The number of aromatic nitrogens is 3. The van der Waals surface area contributed by atoms with Crippen LogP contribution in [0, 0.1) is 6.92 Å². The molecule has 0 spiro atoms. The molecule has 5 nitrogen and oxygen atoms in total. The van der Waals surface area contributed by atoms with Crippen molar-refractivity contribution in [3.8, 4) is 11.4 Å². The molecule has 2 N–H and O–H groups in total. The van der Waals surface area contributed by atoms with Crippen molar-refractivity contribution in [2.24, 2.45) is 0 Å². The fourth-order valence-electron chi connectivity index (χ4n) is 3.58. The summed E-state index contributed by atoms with van der Waals surface area (Å²) in [5, 5.41) is 11.1. The molecule has 1 heterocycles. The van der Waals surface area contributed by atoms with Crippen LogP contribution in [0.4, 0.5) is 0 Å². The maximum Gasteiger partial charge on any atom is 0.258 e. The average molecular weight is 419 g/mol. The molecule has 0 radical (unpaired) electrons. The van der Waals surface area contributed by atoms with E-state index in [2.05, 4.69) is 27.4 Å². The molecule has 1 aromatic heterocycles. The van der Waals surface area contributed by atoms with Crippen LogP contribution >= 0.6 is 11.8 Å². The zero-order valence-corrected chi connectivity index (χ0v) is 17.9. The number of H-pyrrole nitrogens is 1. The molecule has 1 aliphatic rings. The van der Waals surface area contributed by atoms with Gasteiger partial charge >= 0.3 is 0 Å². The number of amides is 1. The number of nitrogens with zero attached hydrogens (tertiary/aromatic N) is 2. The Hall–Kier alpha value is -2.86. The fraction of sp³-hybridized carbons (Fsp3) is 0.292. The van der Waals surface area contributed by atoms with E-state index >= 15 is 0 Å². The Morgan fingerprint density at radius 3 is 2.53 bits per heavy atom. The second-order valence-electron chi connectivity index (χ2n) is 7.66. The highest BCUT2D eigenvalue weighted by atomic mass is 32.2. The van der Waals surface area contributed by atoms with Crippen LogP contribution < -0.4 is 5.32 Å². The summed E-state index contributed by atoms with van der Waals surface area (Å²) >= 11 is 1.29. The standard InChI is InChI=1S/C24H26N4OS/c1-17-12-14-19(15-13-17)22-26-24(28-27-22)30-21(16-18-8-4-2-5-9-18)23(29)25-20-10-6-3-7-11-20/h2,4-5,8-9,12-16,20H,3,6-7,10-11H2,1H3,(H,25,29)(H,26,27,28). The highest BCUT2D eigenvalue weighted by Crippen LogP contribution is 2.28. The van der Waals surface area contributed by atoms with Gasteiger partial charge in [-0.25, -0.2) is 4.98 Å². The highest BCUT2D eigenvalue weighted by molar-refractivity contribution is 8.04. The summed E-state index contributed by atoms with van der Waals surface area (Å²) < 4.78 is 0. The Morgan fingerprint density at radius 2 is 1.80 bits per heavy atom. The summed E-state index contributed by atoms with van der Waals surface area (Å²) in [6.07, 6.45) is 7.62. The number of rotatable bonds is 6. The molecule has 1 fully saturated rings. The van der Waals surface area contributed by atoms with Crippen LogP contribution in [-0.2, 0) is 4.79 Å². The first-order valence-corrected chi connectivity index (χ1v) is 11.2. The molecule has 0 unspecified atom stereocenters. The first-order valence-electron chi connectivity index (χ1n) is 10.4. The number of carbonyl (C=O) groups excluding carboxylic acids is 1. The topological polar surface area (TPSA) is 70.7 Å². The largest absolute Gasteiger partial charge is 0.349 e. The van der Waals surface area contributed by atoms with Gasteiger partial charge in [0.15, 0.2) is 5.82 Å². The van der Waals surface area contributed by atoms with Crippen molar-refractivity contribution in [3.05, 3.63) is 70.6 Å². The Labute approximate surface area is 181 Å². The first kappa shape index (κ1) is 20.4. The predicted molar refractivity (Wildman–Crippen MR) is 122 cm³/mol. The van der Waals surface area contributed by atoms with Gasteiger partial charge in [0.25, 0.3) is 5.91 Å². The molecule has 1 aliphatic carbocycles. The van der Waals surface area contributed by atoms with Crippen LogP contribution in [0.2, 0.25) is 0 Å². The van der Waals surface area contributed by atoms with Gasteiger partial charge in [0.05, 0.1) is 4.91 Å². The van der Waals surface area contributed by atoms with Crippen LogP contribution in [0.15, 0.2) is 64.7 Å². The lowest BCUT2D eigenvalue weighted by atomic mass is 9.95. The minimum absolute atomic E-state index is 0.0579. The molecule has 2 aromatic carbocycles. The number of aryl methyl sites for hydroxylation is 1. The molecule has 0 atom stereocenters. The molecule has 4 rings (SSSR count). The molecule has 0 aliphatic heterocycles. The minimum atomic E-state index is -0.0579. The SMILES string of the molecule is Cc1ccc(-c2nc(SC(=Cc3ccccc3)C(=O)NC3CCCCC3)n[nH]2)cc1. The molecular weight excluding hydrogens is 392 g/mol. The van der Waals surface area contributed by atoms with E-state index in [-0.39, 0.29) is 11.9 Å². The van der Waals surface area contributed by atoms with Crippen molar-refractivity contribution in [1.82, 2.24) is 20.5 Å². The van der Waals surface area contributed by atoms with Crippen molar-refractivity contribution >= 4 is 23.7 Å². The fourth-order valence-corrected chi connectivity index (χ4v) is 4.35. The van der Waals surface area contributed by atoms with Crippen molar-refractivity contribution in [1.29, 1.82) is 0 Å². The quantitative estimate of drug-likeness (QED) is 0.417. The highest BCUT2D eigenvalue weighted by Gasteiger charge is 2.20. The van der Waals surface area contributed by atoms with Gasteiger partial charge < -0.3 is 5.32 Å². The van der Waals surface area contributed by atoms with Crippen LogP contribution in [-0.4, -0.2) is 27.1 Å². The van der Waals surface area contributed by atoms with Gasteiger partial charge in [0.2, 0.25) is 5.16 Å². The van der Waals surface area contributed by atoms with Gasteiger partial charge in [-0.05, 0) is 43.2 Å². The lowest BCUT2D eigenvalue weighted by Crippen LogP contribution is -2.36. The predicted octanol–water partition coefficient (Wildman–Crippen LogP) is 5.36. The van der Waals surface area contributed by atoms with Gasteiger partial charge in [-0.2, -0.15) is 0 Å². The Morgan fingerprint density at radius 1 is 1.07 bits per heavy atom. The number of hydrogen-bond acceptors (Lipinski definition) is 4. The van der Waals surface area contributed by atoms with Crippen LogP contribution in [0.5, 0.6) is 0 Å². The van der Waals surface area contributed by atoms with E-state index < -0.39 is 0 Å². The summed E-state index contributed by atoms with van der Waals surface area (Å²) in [5.74, 6) is 0.640. The molecule has 0 bridgehead atoms. The Kier molecular flexibility index (Phi) is 6.64. The minimum Gasteiger partial charge on any atom is -0.349 e. The number of thioether (sulfide) groups is 1. The summed E-state index contributed by atoms with van der Waals surface area (Å²) in [5.41, 5.74) is 3.15. The second-order valence-corrected chi connectivity index (χ2v) is 8.67. The zero-order chi connectivity index (χ0) is 20.8. The molecule has 154 valence electrons. The lowest BCUT2D eigenvalue weighted by Gasteiger charge is -2.23. The summed E-state index contributed by atoms with van der Waals surface area (Å²) in [6.45, 7) is 2.05. The summed E-state index contributed by atoms with van der Waals surface area (Å²) in [7, 11) is 0. The molecule has 30 heavy (non-hydrogen) atoms. The molecule has 0 saturated heterocycles. The maximum atomic E-state index is 13.1. The van der Waals surface area contributed by atoms with Gasteiger partial charge in [-0.3, -0.25) is 9.89 Å². The van der Waals surface area contributed by atoms with E-state index in [4.69, 9.17) is 0 Å². The molecule has 1 amide bonds. The van der Waals surface area contributed by atoms with Gasteiger partial charge in [-0.1, -0.05) is 79.4 Å². The van der Waals surface area contributed by atoms with Crippen LogP contribution in [0.3, 0.4) is 0 Å². The van der Waals surface area contributed by atoms with Crippen LogP contribution in [0.1, 0.15) is 43.2 Å². The van der Waals surface area contributed by atoms with Crippen molar-refractivity contribution in [2.75, 3.05) is 0 Å². The third-order valence-corrected chi connectivity index (χ3v) is 6.14. The summed E-state index contributed by atoms with van der Waals surface area (Å²) in [4.78, 5) is 18.3. The third kappa shape index (κ3) is 5.39. The zero-order valence-electron chi connectivity index (χ0n) is 17.1. The number of carbonyl (C=O) groups is 1.